The van der Waals surface area contributed by atoms with E-state index < -0.39 is 0 Å². The van der Waals surface area contributed by atoms with Gasteiger partial charge in [-0.25, -0.2) is 4.99 Å². The molecule has 44 heavy (non-hydrogen) atoms. The molecular weight excluding hydrogens is 587 g/mol. The van der Waals surface area contributed by atoms with Crippen LogP contribution in [-0.2, 0) is 11.3 Å². The molecule has 0 saturated carbocycles. The van der Waals surface area contributed by atoms with Crippen LogP contribution in [0.4, 0.5) is 22.7 Å². The van der Waals surface area contributed by atoms with E-state index in [9.17, 15) is 10.1 Å². The number of carbonyl (C=O) groups is 1. The van der Waals surface area contributed by atoms with Gasteiger partial charge in [-0.15, -0.1) is 0 Å². The number of hydrogen-bond acceptors (Lipinski definition) is 9. The number of nitrogens with one attached hydrogen (secondary N) is 2. The van der Waals surface area contributed by atoms with E-state index in [1.807, 2.05) is 50.4 Å². The lowest BCUT2D eigenvalue weighted by atomic mass is 10.1. The number of nitriles is 1. The predicted octanol–water partition coefficient (Wildman–Crippen LogP) is 7.06. The predicted molar refractivity (Wildman–Crippen MR) is 184 cm³/mol. The fraction of sp³-hybridized carbons (Fsp3) is 0.324. The van der Waals surface area contributed by atoms with Crippen molar-refractivity contribution in [3.8, 4) is 6.07 Å². The number of carbonyl (C=O) groups excluding carboxylic acids is 1. The van der Waals surface area contributed by atoms with Crippen molar-refractivity contribution in [2.24, 2.45) is 4.99 Å². The molecule has 3 aromatic carbocycles. The van der Waals surface area contributed by atoms with Crippen LogP contribution in [0.5, 0.6) is 0 Å². The summed E-state index contributed by atoms with van der Waals surface area (Å²) in [6, 6.07) is 24.1. The Labute approximate surface area is 268 Å². The van der Waals surface area contributed by atoms with Crippen molar-refractivity contribution in [3.05, 3.63) is 87.8 Å². The molecule has 0 aromatic heterocycles. The second-order valence-corrected chi connectivity index (χ2v) is 13.1. The molecule has 3 aliphatic heterocycles. The second kappa shape index (κ2) is 13.8. The Morgan fingerprint density at radius 1 is 0.977 bits per heavy atom. The van der Waals surface area contributed by atoms with Crippen LogP contribution in [0.15, 0.2) is 86.6 Å². The van der Waals surface area contributed by atoms with Gasteiger partial charge in [0.2, 0.25) is 0 Å². The van der Waals surface area contributed by atoms with Crippen molar-refractivity contribution in [1.82, 2.24) is 9.80 Å². The van der Waals surface area contributed by atoms with E-state index in [4.69, 9.17) is 4.99 Å². The van der Waals surface area contributed by atoms with Crippen molar-refractivity contribution in [3.63, 3.8) is 0 Å². The number of nitrogens with zero attached hydrogens (tertiary/aromatic N) is 5. The number of amides is 1. The van der Waals surface area contributed by atoms with Crippen LogP contribution >= 0.6 is 23.5 Å². The number of amidine groups is 1. The highest BCUT2D eigenvalue weighted by atomic mass is 32.2. The number of fused-ring (bicyclic) bond motifs is 1. The van der Waals surface area contributed by atoms with Gasteiger partial charge < -0.3 is 20.4 Å². The van der Waals surface area contributed by atoms with Crippen molar-refractivity contribution in [1.29, 1.82) is 5.26 Å². The molecule has 2 N–H and O–H groups in total. The number of thioether (sulfide) groups is 2. The zero-order valence-corrected chi connectivity index (χ0v) is 26.8. The molecule has 3 aliphatic rings. The van der Waals surface area contributed by atoms with Crippen molar-refractivity contribution < 1.29 is 4.79 Å². The summed E-state index contributed by atoms with van der Waals surface area (Å²) in [6.45, 7) is 7.50. The fourth-order valence-electron chi connectivity index (χ4n) is 5.66. The van der Waals surface area contributed by atoms with E-state index in [0.717, 1.165) is 45.6 Å². The number of anilines is 3. The topological polar surface area (TPSA) is 87.0 Å². The molecule has 8 nitrogen and oxygen atoms in total. The third-order valence-corrected chi connectivity index (χ3v) is 10.4. The van der Waals surface area contributed by atoms with Crippen LogP contribution in [0.25, 0.3) is 0 Å². The summed E-state index contributed by atoms with van der Waals surface area (Å²) >= 11 is 3.03. The summed E-state index contributed by atoms with van der Waals surface area (Å²) in [6.07, 6.45) is 3.95. The molecule has 0 radical (unpaired) electrons. The quantitative estimate of drug-likeness (QED) is 0.245. The lowest BCUT2D eigenvalue weighted by Gasteiger charge is -2.26. The zero-order chi connectivity index (χ0) is 30.5. The van der Waals surface area contributed by atoms with Crippen LogP contribution in [0, 0.1) is 11.3 Å². The minimum absolute atomic E-state index is 0.0684. The van der Waals surface area contributed by atoms with Crippen molar-refractivity contribution in [2.45, 2.75) is 37.6 Å². The van der Waals surface area contributed by atoms with Crippen LogP contribution in [0.1, 0.15) is 37.3 Å². The van der Waals surface area contributed by atoms with E-state index in [-0.39, 0.29) is 5.91 Å². The van der Waals surface area contributed by atoms with E-state index >= 15 is 0 Å². The smallest absolute Gasteiger partial charge is 0.269 e. The number of benzene rings is 3. The SMILES string of the molecule is CCNc1ccc(C#N)cc1N=C1S/C(=C2/Sc3cc(NCCN4CCCCC4)ccc3N2C)C(=O)N1Cc1ccccc1. The Morgan fingerprint density at radius 3 is 2.57 bits per heavy atom. The Morgan fingerprint density at radius 2 is 1.80 bits per heavy atom. The molecule has 1 amide bonds. The van der Waals surface area contributed by atoms with E-state index in [1.165, 1.54) is 44.1 Å². The lowest BCUT2D eigenvalue weighted by molar-refractivity contribution is -0.122. The molecule has 0 bridgehead atoms. The zero-order valence-electron chi connectivity index (χ0n) is 25.2. The van der Waals surface area contributed by atoms with Gasteiger partial charge in [-0.1, -0.05) is 48.5 Å². The van der Waals surface area contributed by atoms with Crippen LogP contribution in [0.2, 0.25) is 0 Å². The highest BCUT2D eigenvalue weighted by Gasteiger charge is 2.39. The summed E-state index contributed by atoms with van der Waals surface area (Å²) in [5, 5.41) is 18.0. The molecule has 10 heteroatoms. The maximum atomic E-state index is 14.1. The third kappa shape index (κ3) is 6.60. The molecule has 0 aliphatic carbocycles. The molecule has 226 valence electrons. The number of likely N-dealkylation sites (tertiary alicyclic amines) is 1. The molecule has 0 unspecified atom stereocenters. The largest absolute Gasteiger partial charge is 0.384 e. The maximum absolute atomic E-state index is 14.1. The van der Waals surface area contributed by atoms with Gasteiger partial charge in [0.05, 0.1) is 40.3 Å². The molecule has 0 spiro atoms. The summed E-state index contributed by atoms with van der Waals surface area (Å²) in [4.78, 5) is 27.3. The third-order valence-electron chi connectivity index (χ3n) is 7.99. The van der Waals surface area contributed by atoms with E-state index in [1.54, 1.807) is 28.8 Å². The highest BCUT2D eigenvalue weighted by Crippen LogP contribution is 2.51. The van der Waals surface area contributed by atoms with Crippen molar-refractivity contribution >= 4 is 57.3 Å². The first-order valence-corrected chi connectivity index (χ1v) is 16.8. The normalized spacial score (nSPS) is 19.4. The molecule has 3 aromatic rings. The molecule has 2 saturated heterocycles. The van der Waals surface area contributed by atoms with E-state index in [0.29, 0.717) is 34.4 Å². The Hall–Kier alpha value is -3.91. The Kier molecular flexibility index (Phi) is 9.45. The Balaban J connectivity index is 1.28. The number of rotatable bonds is 9. The van der Waals surface area contributed by atoms with E-state index in [2.05, 4.69) is 44.7 Å². The van der Waals surface area contributed by atoms with Gasteiger partial charge in [-0.05, 0) is 86.6 Å². The molecular formula is C34H37N7OS2. The van der Waals surface area contributed by atoms with Gasteiger partial charge in [-0.3, -0.25) is 9.69 Å². The number of hydrogen-bond donors (Lipinski definition) is 2. The number of piperidine rings is 1. The molecule has 2 fully saturated rings. The first-order chi connectivity index (χ1) is 21.5. The summed E-state index contributed by atoms with van der Waals surface area (Å²) in [7, 11) is 2.02. The first-order valence-electron chi connectivity index (χ1n) is 15.2. The summed E-state index contributed by atoms with van der Waals surface area (Å²) < 4.78 is 0. The van der Waals surface area contributed by atoms with Crippen molar-refractivity contribution in [2.75, 3.05) is 55.3 Å². The van der Waals surface area contributed by atoms with Gasteiger partial charge in [0, 0.05) is 37.3 Å². The van der Waals surface area contributed by atoms with Gasteiger partial charge in [0.15, 0.2) is 5.17 Å². The molecule has 0 atom stereocenters. The molecule has 3 heterocycles. The average Bonchev–Trinajstić information content (AvgIpc) is 3.53. The Bertz CT molecular complexity index is 1630. The summed E-state index contributed by atoms with van der Waals surface area (Å²) in [5.41, 5.74) is 5.20. The van der Waals surface area contributed by atoms with Gasteiger partial charge in [-0.2, -0.15) is 5.26 Å². The summed E-state index contributed by atoms with van der Waals surface area (Å²) in [5.74, 6) is -0.0684. The van der Waals surface area contributed by atoms with Gasteiger partial charge in [0.1, 0.15) is 4.91 Å². The van der Waals surface area contributed by atoms with Gasteiger partial charge >= 0.3 is 0 Å². The minimum Gasteiger partial charge on any atom is -0.384 e. The minimum atomic E-state index is -0.0684. The lowest BCUT2D eigenvalue weighted by Crippen LogP contribution is -2.33. The standard InChI is InChI=1S/C34H37N7OS2/c1-3-36-27-14-12-25(22-35)20-28(27)38-34-41(23-24-10-6-4-7-11-24)32(42)31(44-34)33-39(2)29-15-13-26(21-30(29)43-33)37-16-19-40-17-8-5-9-18-40/h4,6-7,10-15,20-21,36-37H,3,5,8-9,16-19,23H2,1-2H3/b33-31+,38-34?. The van der Waals surface area contributed by atoms with Gasteiger partial charge in [0.25, 0.3) is 5.91 Å². The second-order valence-electron chi connectivity index (χ2n) is 11.1. The fourth-order valence-corrected chi connectivity index (χ4v) is 8.04. The first kappa shape index (κ1) is 30.1. The monoisotopic (exact) mass is 623 g/mol. The number of aliphatic imine (C=N–C) groups is 1. The highest BCUT2D eigenvalue weighted by molar-refractivity contribution is 8.19. The van der Waals surface area contributed by atoms with Crippen LogP contribution in [-0.4, -0.2) is 60.6 Å². The average molecular weight is 624 g/mol. The maximum Gasteiger partial charge on any atom is 0.269 e. The molecule has 6 rings (SSSR count). The van der Waals surface area contributed by atoms with Crippen LogP contribution in [0.3, 0.4) is 0 Å². The van der Waals surface area contributed by atoms with Crippen LogP contribution < -0.4 is 15.5 Å².